The Bertz CT molecular complexity index is 277. The molecule has 0 aliphatic carbocycles. The largest absolute Gasteiger partial charge is 0.311 e. The van der Waals surface area contributed by atoms with E-state index in [9.17, 15) is 0 Å². The Hall–Kier alpha value is -1.51. The van der Waals surface area contributed by atoms with Crippen molar-refractivity contribution >= 4 is 0 Å². The Morgan fingerprint density at radius 2 is 2.08 bits per heavy atom. The summed E-state index contributed by atoms with van der Waals surface area (Å²) in [6, 6.07) is 10.2. The molecule has 1 rings (SSSR count). The van der Waals surface area contributed by atoms with Gasteiger partial charge in [-0.05, 0) is 24.1 Å². The molecule has 0 atom stereocenters. The fourth-order valence-electron chi connectivity index (χ4n) is 1.04. The molecule has 0 saturated carbocycles. The zero-order valence-corrected chi connectivity index (χ0v) is 7.35. The number of nitrogens with zero attached hydrogens (tertiary/aromatic N) is 3. The first kappa shape index (κ1) is 9.58. The second kappa shape index (κ2) is 6.06. The van der Waals surface area contributed by atoms with E-state index in [0.29, 0.717) is 6.67 Å². The predicted octanol–water partition coefficient (Wildman–Crippen LogP) is 2.09. The molecule has 1 N–H and O–H groups in total. The van der Waals surface area contributed by atoms with Crippen LogP contribution in [0, 0.1) is 0 Å². The highest BCUT2D eigenvalue weighted by Crippen LogP contribution is 1.97. The second-order valence-electron chi connectivity index (χ2n) is 2.62. The van der Waals surface area contributed by atoms with Crippen molar-refractivity contribution in [2.75, 3.05) is 13.2 Å². The highest BCUT2D eigenvalue weighted by molar-refractivity contribution is 5.14. The number of nitrogens with one attached hydrogen (secondary N) is 1. The van der Waals surface area contributed by atoms with E-state index < -0.39 is 0 Å². The Labute approximate surface area is 77.2 Å². The molecule has 1 aromatic rings. The van der Waals surface area contributed by atoms with Crippen LogP contribution in [0.4, 0.5) is 0 Å². The van der Waals surface area contributed by atoms with Gasteiger partial charge in [0.25, 0.3) is 0 Å². The number of azide groups is 1. The van der Waals surface area contributed by atoms with E-state index in [1.54, 1.807) is 0 Å². The molecule has 13 heavy (non-hydrogen) atoms. The lowest BCUT2D eigenvalue weighted by molar-refractivity contribution is 0.698. The summed E-state index contributed by atoms with van der Waals surface area (Å²) in [6.45, 7) is 1.20. The van der Waals surface area contributed by atoms with E-state index >= 15 is 0 Å². The van der Waals surface area contributed by atoms with E-state index in [4.69, 9.17) is 5.53 Å². The molecule has 0 saturated heterocycles. The third-order valence-corrected chi connectivity index (χ3v) is 1.68. The Kier molecular flexibility index (Phi) is 4.46. The molecule has 4 heteroatoms. The molecule has 4 nitrogen and oxygen atoms in total. The molecular formula is C9H12N4. The molecule has 0 aliphatic rings. The van der Waals surface area contributed by atoms with Gasteiger partial charge in [-0.2, -0.15) is 0 Å². The SMILES string of the molecule is [N-]=[N+]=NCNCCc1ccccc1. The van der Waals surface area contributed by atoms with Crippen LogP contribution in [0.2, 0.25) is 0 Å². The fraction of sp³-hybridized carbons (Fsp3) is 0.333. The van der Waals surface area contributed by atoms with Gasteiger partial charge in [0.05, 0.1) is 6.67 Å². The van der Waals surface area contributed by atoms with Crippen molar-refractivity contribution in [1.29, 1.82) is 0 Å². The van der Waals surface area contributed by atoms with Gasteiger partial charge in [0.1, 0.15) is 0 Å². The predicted molar refractivity (Wildman–Crippen MR) is 52.2 cm³/mol. The number of rotatable bonds is 5. The summed E-state index contributed by atoms with van der Waals surface area (Å²) in [5.74, 6) is 0. The summed E-state index contributed by atoms with van der Waals surface area (Å²) < 4.78 is 0. The van der Waals surface area contributed by atoms with Crippen LogP contribution < -0.4 is 5.32 Å². The lowest BCUT2D eigenvalue weighted by atomic mass is 10.1. The van der Waals surface area contributed by atoms with Gasteiger partial charge < -0.3 is 5.32 Å². The first-order valence-electron chi connectivity index (χ1n) is 4.19. The maximum Gasteiger partial charge on any atom is 0.0746 e. The van der Waals surface area contributed by atoms with Crippen LogP contribution in [0.1, 0.15) is 5.56 Å². The highest BCUT2D eigenvalue weighted by Gasteiger charge is 1.89. The third kappa shape index (κ3) is 4.15. The van der Waals surface area contributed by atoms with Crippen LogP contribution in [-0.4, -0.2) is 13.2 Å². The molecule has 1 aromatic carbocycles. The summed E-state index contributed by atoms with van der Waals surface area (Å²) in [5, 5.41) is 6.39. The average Bonchev–Trinajstić information content (AvgIpc) is 2.19. The Morgan fingerprint density at radius 3 is 2.77 bits per heavy atom. The molecule has 0 spiro atoms. The molecular weight excluding hydrogens is 164 g/mol. The molecule has 0 fully saturated rings. The molecule has 0 amide bonds. The lowest BCUT2D eigenvalue weighted by Gasteiger charge is -2.00. The molecule has 0 radical (unpaired) electrons. The lowest BCUT2D eigenvalue weighted by Crippen LogP contribution is -2.16. The molecule has 0 unspecified atom stereocenters. The first-order valence-corrected chi connectivity index (χ1v) is 4.19. The van der Waals surface area contributed by atoms with Gasteiger partial charge in [-0.25, -0.2) is 0 Å². The van der Waals surface area contributed by atoms with Gasteiger partial charge in [-0.1, -0.05) is 35.4 Å². The van der Waals surface area contributed by atoms with Crippen molar-refractivity contribution in [3.63, 3.8) is 0 Å². The summed E-state index contributed by atoms with van der Waals surface area (Å²) in [4.78, 5) is 2.64. The molecule has 0 bridgehead atoms. The van der Waals surface area contributed by atoms with Crippen LogP contribution in [-0.2, 0) is 6.42 Å². The minimum Gasteiger partial charge on any atom is -0.311 e. The van der Waals surface area contributed by atoms with Crippen molar-refractivity contribution in [2.24, 2.45) is 5.11 Å². The monoisotopic (exact) mass is 176 g/mol. The normalized spacial score (nSPS) is 9.23. The van der Waals surface area contributed by atoms with Crippen molar-refractivity contribution in [2.45, 2.75) is 6.42 Å². The smallest absolute Gasteiger partial charge is 0.0746 e. The highest BCUT2D eigenvalue weighted by atomic mass is 15.2. The van der Waals surface area contributed by atoms with Crippen LogP contribution in [0.5, 0.6) is 0 Å². The van der Waals surface area contributed by atoms with E-state index in [-0.39, 0.29) is 0 Å². The van der Waals surface area contributed by atoms with Crippen molar-refractivity contribution in [3.8, 4) is 0 Å². The minimum absolute atomic E-state index is 0.364. The molecule has 0 aromatic heterocycles. The second-order valence-corrected chi connectivity index (χ2v) is 2.62. The average molecular weight is 176 g/mol. The Morgan fingerprint density at radius 1 is 1.31 bits per heavy atom. The van der Waals surface area contributed by atoms with Crippen LogP contribution in [0.15, 0.2) is 35.4 Å². The van der Waals surface area contributed by atoms with Crippen LogP contribution >= 0.6 is 0 Å². The third-order valence-electron chi connectivity index (χ3n) is 1.68. The van der Waals surface area contributed by atoms with E-state index in [0.717, 1.165) is 13.0 Å². The van der Waals surface area contributed by atoms with Gasteiger partial charge in [0.15, 0.2) is 0 Å². The summed E-state index contributed by atoms with van der Waals surface area (Å²) in [7, 11) is 0. The van der Waals surface area contributed by atoms with Gasteiger partial charge >= 0.3 is 0 Å². The van der Waals surface area contributed by atoms with E-state index in [1.807, 2.05) is 18.2 Å². The Balaban J connectivity index is 2.17. The first-order chi connectivity index (χ1) is 6.43. The quantitative estimate of drug-likeness (QED) is 0.317. The van der Waals surface area contributed by atoms with E-state index in [2.05, 4.69) is 27.5 Å². The molecule has 68 valence electrons. The summed E-state index contributed by atoms with van der Waals surface area (Å²) in [6.07, 6.45) is 0.960. The molecule has 0 aliphatic heterocycles. The summed E-state index contributed by atoms with van der Waals surface area (Å²) in [5.41, 5.74) is 9.29. The van der Waals surface area contributed by atoms with Crippen molar-refractivity contribution < 1.29 is 0 Å². The zero-order chi connectivity index (χ0) is 9.36. The number of benzene rings is 1. The topological polar surface area (TPSA) is 60.8 Å². The van der Waals surface area contributed by atoms with Crippen molar-refractivity contribution in [1.82, 2.24) is 5.32 Å². The number of hydrogen-bond donors (Lipinski definition) is 1. The minimum atomic E-state index is 0.364. The maximum absolute atomic E-state index is 8.00. The van der Waals surface area contributed by atoms with E-state index in [1.165, 1.54) is 5.56 Å². The number of hydrogen-bond acceptors (Lipinski definition) is 2. The van der Waals surface area contributed by atoms with Crippen molar-refractivity contribution in [3.05, 3.63) is 46.3 Å². The summed E-state index contributed by atoms with van der Waals surface area (Å²) >= 11 is 0. The van der Waals surface area contributed by atoms with Gasteiger partial charge in [-0.15, -0.1) is 0 Å². The van der Waals surface area contributed by atoms with Gasteiger partial charge in [0.2, 0.25) is 0 Å². The van der Waals surface area contributed by atoms with Crippen LogP contribution in [0.25, 0.3) is 10.4 Å². The molecule has 0 heterocycles. The maximum atomic E-state index is 8.00. The fourth-order valence-corrected chi connectivity index (χ4v) is 1.04. The van der Waals surface area contributed by atoms with Crippen LogP contribution in [0.3, 0.4) is 0 Å². The van der Waals surface area contributed by atoms with Gasteiger partial charge in [0, 0.05) is 4.91 Å². The van der Waals surface area contributed by atoms with Gasteiger partial charge in [-0.3, -0.25) is 0 Å². The standard InChI is InChI=1S/C9H12N4/c10-13-12-8-11-7-6-9-4-2-1-3-5-9/h1-5,11H,6-8H2. The zero-order valence-electron chi connectivity index (χ0n) is 7.35.